The van der Waals surface area contributed by atoms with Crippen LogP contribution in [0.4, 0.5) is 0 Å². The van der Waals surface area contributed by atoms with Gasteiger partial charge in [0.1, 0.15) is 4.88 Å². The van der Waals surface area contributed by atoms with Gasteiger partial charge in [-0.2, -0.15) is 0 Å². The Kier molecular flexibility index (Phi) is 4.74. The molecule has 0 amide bonds. The average Bonchev–Trinajstić information content (AvgIpc) is 2.97. The van der Waals surface area contributed by atoms with E-state index in [2.05, 4.69) is 12.2 Å². The summed E-state index contributed by atoms with van der Waals surface area (Å²) in [6.45, 7) is 4.71. The molecular weight excluding hydrogens is 250 g/mol. The van der Waals surface area contributed by atoms with Crippen LogP contribution in [-0.2, 0) is 11.3 Å². The fourth-order valence-corrected chi connectivity index (χ4v) is 3.16. The minimum absolute atomic E-state index is 0.385. The summed E-state index contributed by atoms with van der Waals surface area (Å²) in [4.78, 5) is 12.2. The molecular formula is C13H19NO3S. The van der Waals surface area contributed by atoms with Crippen molar-refractivity contribution in [1.82, 2.24) is 5.32 Å². The molecule has 1 saturated heterocycles. The van der Waals surface area contributed by atoms with E-state index in [0.717, 1.165) is 37.4 Å². The average molecular weight is 269 g/mol. The second kappa shape index (κ2) is 6.31. The highest BCUT2D eigenvalue weighted by Gasteiger charge is 2.25. The van der Waals surface area contributed by atoms with Crippen molar-refractivity contribution in [2.45, 2.75) is 32.4 Å². The number of rotatable bonds is 6. The van der Waals surface area contributed by atoms with Crippen molar-refractivity contribution in [3.8, 4) is 0 Å². The van der Waals surface area contributed by atoms with Gasteiger partial charge in [0, 0.05) is 24.6 Å². The molecule has 4 nitrogen and oxygen atoms in total. The molecule has 1 aliphatic rings. The zero-order valence-electron chi connectivity index (χ0n) is 10.5. The number of thiophene rings is 1. The van der Waals surface area contributed by atoms with E-state index < -0.39 is 5.97 Å². The lowest BCUT2D eigenvalue weighted by Crippen LogP contribution is -2.27. The second-order valence-electron chi connectivity index (χ2n) is 4.57. The Morgan fingerprint density at radius 2 is 2.44 bits per heavy atom. The predicted octanol–water partition coefficient (Wildman–Crippen LogP) is 2.35. The Morgan fingerprint density at radius 1 is 1.61 bits per heavy atom. The number of nitrogens with one attached hydrogen (secondary N) is 1. The first kappa shape index (κ1) is 13.5. The maximum Gasteiger partial charge on any atom is 0.345 e. The van der Waals surface area contributed by atoms with Crippen LogP contribution in [0.2, 0.25) is 0 Å². The number of hydrogen-bond donors (Lipinski definition) is 2. The second-order valence-corrected chi connectivity index (χ2v) is 5.74. The number of aromatic carboxylic acids is 1. The van der Waals surface area contributed by atoms with Gasteiger partial charge in [0.2, 0.25) is 0 Å². The van der Waals surface area contributed by atoms with Crippen LogP contribution in [0, 0.1) is 5.92 Å². The molecule has 2 unspecified atom stereocenters. The third-order valence-electron chi connectivity index (χ3n) is 3.33. The molecule has 5 heteroatoms. The highest BCUT2D eigenvalue weighted by molar-refractivity contribution is 7.13. The van der Waals surface area contributed by atoms with E-state index in [-0.39, 0.29) is 0 Å². The van der Waals surface area contributed by atoms with E-state index >= 15 is 0 Å². The Bertz CT molecular complexity index is 405. The van der Waals surface area contributed by atoms with Crippen molar-refractivity contribution >= 4 is 17.3 Å². The number of ether oxygens (including phenoxy) is 1. The number of carboxylic acid groups (broad SMARTS) is 1. The molecule has 1 fully saturated rings. The van der Waals surface area contributed by atoms with Crippen LogP contribution in [0.3, 0.4) is 0 Å². The van der Waals surface area contributed by atoms with E-state index in [9.17, 15) is 4.79 Å². The van der Waals surface area contributed by atoms with Gasteiger partial charge in [-0.15, -0.1) is 11.3 Å². The zero-order valence-corrected chi connectivity index (χ0v) is 11.3. The smallest absolute Gasteiger partial charge is 0.345 e. The summed E-state index contributed by atoms with van der Waals surface area (Å²) < 4.78 is 5.64. The summed E-state index contributed by atoms with van der Waals surface area (Å²) in [6.07, 6.45) is 2.57. The van der Waals surface area contributed by atoms with Crippen LogP contribution in [-0.4, -0.2) is 30.3 Å². The predicted molar refractivity (Wildman–Crippen MR) is 71.1 cm³/mol. The fourth-order valence-electron chi connectivity index (χ4n) is 2.35. The molecule has 0 aromatic carbocycles. The molecule has 2 heterocycles. The van der Waals surface area contributed by atoms with Crippen molar-refractivity contribution in [2.24, 2.45) is 5.92 Å². The third kappa shape index (κ3) is 3.31. The third-order valence-corrected chi connectivity index (χ3v) is 4.40. The molecule has 2 N–H and O–H groups in total. The van der Waals surface area contributed by atoms with E-state index in [0.29, 0.717) is 16.9 Å². The Balaban J connectivity index is 1.76. The van der Waals surface area contributed by atoms with Crippen LogP contribution < -0.4 is 5.32 Å². The molecule has 2 atom stereocenters. The maximum absolute atomic E-state index is 10.8. The lowest BCUT2D eigenvalue weighted by molar-refractivity contribution is 0.0702. The SMILES string of the molecule is CCC1OCCC1CNCc1ccc(C(=O)O)s1. The van der Waals surface area contributed by atoms with Gasteiger partial charge in [0.25, 0.3) is 0 Å². The molecule has 18 heavy (non-hydrogen) atoms. The van der Waals surface area contributed by atoms with Crippen LogP contribution in [0.1, 0.15) is 34.3 Å². The first-order chi connectivity index (χ1) is 8.70. The molecule has 1 aromatic heterocycles. The van der Waals surface area contributed by atoms with Crippen LogP contribution >= 0.6 is 11.3 Å². The summed E-state index contributed by atoms with van der Waals surface area (Å²) in [5.74, 6) is -0.254. The summed E-state index contributed by atoms with van der Waals surface area (Å²) in [7, 11) is 0. The first-order valence-electron chi connectivity index (χ1n) is 6.35. The molecule has 1 aliphatic heterocycles. The van der Waals surface area contributed by atoms with Crippen LogP contribution in [0.15, 0.2) is 12.1 Å². The Labute approximate surface area is 111 Å². The largest absolute Gasteiger partial charge is 0.477 e. The normalized spacial score (nSPS) is 23.4. The van der Waals surface area contributed by atoms with Gasteiger partial charge in [-0.05, 0) is 30.9 Å². The monoisotopic (exact) mass is 269 g/mol. The summed E-state index contributed by atoms with van der Waals surface area (Å²) >= 11 is 1.34. The molecule has 0 spiro atoms. The number of hydrogen-bond acceptors (Lipinski definition) is 4. The van der Waals surface area contributed by atoms with Crippen molar-refractivity contribution in [3.05, 3.63) is 21.9 Å². The van der Waals surface area contributed by atoms with Crippen LogP contribution in [0.25, 0.3) is 0 Å². The fraction of sp³-hybridized carbons (Fsp3) is 0.615. The Hall–Kier alpha value is -0.910. The number of carbonyl (C=O) groups is 1. The van der Waals surface area contributed by atoms with Crippen molar-refractivity contribution < 1.29 is 14.6 Å². The first-order valence-corrected chi connectivity index (χ1v) is 7.16. The molecule has 0 bridgehead atoms. The summed E-state index contributed by atoms with van der Waals surface area (Å²) in [5.41, 5.74) is 0. The molecule has 1 aromatic rings. The lowest BCUT2D eigenvalue weighted by atomic mass is 10.00. The summed E-state index contributed by atoms with van der Waals surface area (Å²) in [6, 6.07) is 3.54. The van der Waals surface area contributed by atoms with Gasteiger partial charge < -0.3 is 15.2 Å². The van der Waals surface area contributed by atoms with Gasteiger partial charge >= 0.3 is 5.97 Å². The lowest BCUT2D eigenvalue weighted by Gasteiger charge is -2.16. The van der Waals surface area contributed by atoms with Crippen molar-refractivity contribution in [2.75, 3.05) is 13.2 Å². The van der Waals surface area contributed by atoms with Crippen LogP contribution in [0.5, 0.6) is 0 Å². The maximum atomic E-state index is 10.8. The molecule has 100 valence electrons. The molecule has 0 saturated carbocycles. The minimum atomic E-state index is -0.846. The van der Waals surface area contributed by atoms with E-state index in [1.165, 1.54) is 11.3 Å². The minimum Gasteiger partial charge on any atom is -0.477 e. The topological polar surface area (TPSA) is 58.6 Å². The van der Waals surface area contributed by atoms with Crippen molar-refractivity contribution in [1.29, 1.82) is 0 Å². The van der Waals surface area contributed by atoms with Gasteiger partial charge in [0.15, 0.2) is 0 Å². The van der Waals surface area contributed by atoms with Gasteiger partial charge in [-0.3, -0.25) is 0 Å². The zero-order chi connectivity index (χ0) is 13.0. The van der Waals surface area contributed by atoms with Gasteiger partial charge in [-0.25, -0.2) is 4.79 Å². The van der Waals surface area contributed by atoms with Gasteiger partial charge in [-0.1, -0.05) is 6.92 Å². The Morgan fingerprint density at radius 3 is 3.11 bits per heavy atom. The number of carboxylic acids is 1. The highest BCUT2D eigenvalue weighted by atomic mass is 32.1. The standard InChI is InChI=1S/C13H19NO3S/c1-2-11-9(5-6-17-11)7-14-8-10-3-4-12(18-10)13(15)16/h3-4,9,11,14H,2,5-8H2,1H3,(H,15,16). The summed E-state index contributed by atoms with van der Waals surface area (Å²) in [5, 5.41) is 12.2. The molecule has 0 aliphatic carbocycles. The van der Waals surface area contributed by atoms with E-state index in [4.69, 9.17) is 9.84 Å². The van der Waals surface area contributed by atoms with Crippen molar-refractivity contribution in [3.63, 3.8) is 0 Å². The van der Waals surface area contributed by atoms with Gasteiger partial charge in [0.05, 0.1) is 6.10 Å². The van der Waals surface area contributed by atoms with E-state index in [1.807, 2.05) is 6.07 Å². The van der Waals surface area contributed by atoms with E-state index in [1.54, 1.807) is 6.07 Å². The highest BCUT2D eigenvalue weighted by Crippen LogP contribution is 2.23. The molecule has 0 radical (unpaired) electrons. The molecule has 2 rings (SSSR count). The quantitative estimate of drug-likeness (QED) is 0.832.